The van der Waals surface area contributed by atoms with Crippen LogP contribution < -0.4 is 10.0 Å². The van der Waals surface area contributed by atoms with Crippen LogP contribution in [0.1, 0.15) is 25.3 Å². The lowest BCUT2D eigenvalue weighted by Gasteiger charge is -2.07. The number of nitrogens with one attached hydrogen (secondary N) is 2. The second-order valence-corrected chi connectivity index (χ2v) is 7.60. The molecule has 0 saturated heterocycles. The van der Waals surface area contributed by atoms with E-state index in [4.69, 9.17) is 0 Å². The average Bonchev–Trinajstić information content (AvgIpc) is 2.49. The minimum atomic E-state index is -3.36. The van der Waals surface area contributed by atoms with Gasteiger partial charge in [0.2, 0.25) is 10.0 Å². The Morgan fingerprint density at radius 3 is 2.43 bits per heavy atom. The van der Waals surface area contributed by atoms with Gasteiger partial charge in [-0.2, -0.15) is 11.8 Å². The zero-order valence-electron chi connectivity index (χ0n) is 12.9. The third-order valence-corrected chi connectivity index (χ3v) is 5.29. The summed E-state index contributed by atoms with van der Waals surface area (Å²) in [5, 5.41) is 3.28. The molecule has 1 rings (SSSR count). The molecule has 0 fully saturated rings. The quantitative estimate of drug-likeness (QED) is 0.611. The van der Waals surface area contributed by atoms with Gasteiger partial charge in [-0.3, -0.25) is 0 Å². The van der Waals surface area contributed by atoms with Crippen LogP contribution in [0.3, 0.4) is 0 Å². The lowest BCUT2D eigenvalue weighted by Crippen LogP contribution is -2.25. The Kier molecular flexibility index (Phi) is 8.99. The predicted molar refractivity (Wildman–Crippen MR) is 91.5 cm³/mol. The normalized spacial score (nSPS) is 11.7. The molecule has 0 aromatic heterocycles. The average molecular weight is 331 g/mol. The van der Waals surface area contributed by atoms with Gasteiger partial charge in [0.05, 0.1) is 4.90 Å². The molecular formula is C15H26N2O2S2. The molecule has 6 heteroatoms. The summed E-state index contributed by atoms with van der Waals surface area (Å²) < 4.78 is 26.8. The summed E-state index contributed by atoms with van der Waals surface area (Å²) in [5.74, 6) is 0.966. The standard InChI is InChI=1S/C15H26N2O2S2/c1-3-16-11-4-6-14-7-9-15(10-8-14)21(18,19)17-12-5-13-20-2/h7-10,16-17H,3-6,11-13H2,1-2H3. The smallest absolute Gasteiger partial charge is 0.240 e. The Bertz CT molecular complexity index is 487. The maximum Gasteiger partial charge on any atom is 0.240 e. The van der Waals surface area contributed by atoms with Crippen molar-refractivity contribution in [1.82, 2.24) is 10.0 Å². The molecule has 0 heterocycles. The zero-order chi connectivity index (χ0) is 15.6. The van der Waals surface area contributed by atoms with Gasteiger partial charge in [0.15, 0.2) is 0 Å². The maximum absolute atomic E-state index is 12.1. The Balaban J connectivity index is 2.48. The molecular weight excluding hydrogens is 304 g/mol. The first-order valence-corrected chi connectivity index (χ1v) is 10.3. The van der Waals surface area contributed by atoms with E-state index in [-0.39, 0.29) is 0 Å². The highest BCUT2D eigenvalue weighted by Gasteiger charge is 2.12. The van der Waals surface area contributed by atoms with E-state index < -0.39 is 10.0 Å². The van der Waals surface area contributed by atoms with Crippen LogP contribution in [0.15, 0.2) is 29.2 Å². The summed E-state index contributed by atoms with van der Waals surface area (Å²) in [5.41, 5.74) is 1.18. The molecule has 1 aromatic rings. The molecule has 0 amide bonds. The van der Waals surface area contributed by atoms with Crippen molar-refractivity contribution in [3.63, 3.8) is 0 Å². The fourth-order valence-corrected chi connectivity index (χ4v) is 3.44. The largest absolute Gasteiger partial charge is 0.317 e. The highest BCUT2D eigenvalue weighted by atomic mass is 32.2. The Hall–Kier alpha value is -0.560. The molecule has 0 radical (unpaired) electrons. The second-order valence-electron chi connectivity index (χ2n) is 4.85. The van der Waals surface area contributed by atoms with Gasteiger partial charge in [0.1, 0.15) is 0 Å². The van der Waals surface area contributed by atoms with Gasteiger partial charge < -0.3 is 5.32 Å². The molecule has 1 aromatic carbocycles. The lowest BCUT2D eigenvalue weighted by molar-refractivity contribution is 0.581. The number of hydrogen-bond acceptors (Lipinski definition) is 4. The summed E-state index contributed by atoms with van der Waals surface area (Å²) in [7, 11) is -3.36. The van der Waals surface area contributed by atoms with Gasteiger partial charge in [0, 0.05) is 6.54 Å². The molecule has 0 aliphatic rings. The molecule has 0 aliphatic carbocycles. The third-order valence-electron chi connectivity index (χ3n) is 3.12. The van der Waals surface area contributed by atoms with Gasteiger partial charge >= 0.3 is 0 Å². The van der Waals surface area contributed by atoms with E-state index in [1.54, 1.807) is 23.9 Å². The highest BCUT2D eigenvalue weighted by molar-refractivity contribution is 7.98. The van der Waals surface area contributed by atoms with E-state index in [0.29, 0.717) is 11.4 Å². The fraction of sp³-hybridized carbons (Fsp3) is 0.600. The molecule has 2 N–H and O–H groups in total. The van der Waals surface area contributed by atoms with Gasteiger partial charge in [-0.05, 0) is 62.1 Å². The first kappa shape index (κ1) is 18.5. The molecule has 0 aliphatic heterocycles. The first-order chi connectivity index (χ1) is 10.1. The highest BCUT2D eigenvalue weighted by Crippen LogP contribution is 2.12. The van der Waals surface area contributed by atoms with E-state index >= 15 is 0 Å². The van der Waals surface area contributed by atoms with Crippen LogP contribution in [0.2, 0.25) is 0 Å². The van der Waals surface area contributed by atoms with Crippen molar-refractivity contribution < 1.29 is 8.42 Å². The Morgan fingerprint density at radius 2 is 1.81 bits per heavy atom. The topological polar surface area (TPSA) is 58.2 Å². The number of sulfonamides is 1. The van der Waals surface area contributed by atoms with Crippen molar-refractivity contribution in [3.8, 4) is 0 Å². The van der Waals surface area contributed by atoms with Crippen LogP contribution in [0.25, 0.3) is 0 Å². The second kappa shape index (κ2) is 10.2. The third kappa shape index (κ3) is 7.31. The van der Waals surface area contributed by atoms with E-state index in [2.05, 4.69) is 17.0 Å². The maximum atomic E-state index is 12.1. The summed E-state index contributed by atoms with van der Waals surface area (Å²) in [6, 6.07) is 7.20. The van der Waals surface area contributed by atoms with E-state index in [9.17, 15) is 8.42 Å². The number of thioether (sulfide) groups is 1. The zero-order valence-corrected chi connectivity index (χ0v) is 14.5. The number of benzene rings is 1. The SMILES string of the molecule is CCNCCCc1ccc(S(=O)(=O)NCCCSC)cc1. The fourth-order valence-electron chi connectivity index (χ4n) is 1.94. The summed E-state index contributed by atoms with van der Waals surface area (Å²) in [6.07, 6.45) is 4.90. The van der Waals surface area contributed by atoms with Crippen molar-refractivity contribution in [2.24, 2.45) is 0 Å². The summed E-state index contributed by atoms with van der Waals surface area (Å²) >= 11 is 1.72. The molecule has 0 saturated carbocycles. The monoisotopic (exact) mass is 330 g/mol. The van der Waals surface area contributed by atoms with Crippen molar-refractivity contribution in [2.75, 3.05) is 31.6 Å². The summed E-state index contributed by atoms with van der Waals surface area (Å²) in [4.78, 5) is 0.349. The molecule has 21 heavy (non-hydrogen) atoms. The number of hydrogen-bond donors (Lipinski definition) is 2. The predicted octanol–water partition coefficient (Wildman–Crippen LogP) is 2.26. The van der Waals surface area contributed by atoms with Crippen LogP contribution >= 0.6 is 11.8 Å². The molecule has 0 spiro atoms. The van der Waals surface area contributed by atoms with Crippen LogP contribution in [-0.4, -0.2) is 40.1 Å². The first-order valence-electron chi connectivity index (χ1n) is 7.38. The van der Waals surface area contributed by atoms with Gasteiger partial charge in [-0.15, -0.1) is 0 Å². The van der Waals surface area contributed by atoms with Crippen LogP contribution in [0, 0.1) is 0 Å². The molecule has 0 bridgehead atoms. The minimum Gasteiger partial charge on any atom is -0.317 e. The lowest BCUT2D eigenvalue weighted by atomic mass is 10.1. The number of aryl methyl sites for hydroxylation is 1. The van der Waals surface area contributed by atoms with Crippen LogP contribution in [0.4, 0.5) is 0 Å². The van der Waals surface area contributed by atoms with Crippen molar-refractivity contribution in [2.45, 2.75) is 31.1 Å². The summed E-state index contributed by atoms with van der Waals surface area (Å²) in [6.45, 7) is 4.56. The molecule has 120 valence electrons. The molecule has 4 nitrogen and oxygen atoms in total. The van der Waals surface area contributed by atoms with Gasteiger partial charge in [0.25, 0.3) is 0 Å². The minimum absolute atomic E-state index is 0.349. The van der Waals surface area contributed by atoms with Crippen LogP contribution in [0.5, 0.6) is 0 Å². The Morgan fingerprint density at radius 1 is 1.10 bits per heavy atom. The molecule has 0 atom stereocenters. The van der Waals surface area contributed by atoms with Crippen molar-refractivity contribution in [3.05, 3.63) is 29.8 Å². The van der Waals surface area contributed by atoms with E-state index in [1.165, 1.54) is 5.56 Å². The number of rotatable bonds is 11. The Labute approximate surface area is 133 Å². The van der Waals surface area contributed by atoms with Gasteiger partial charge in [-0.1, -0.05) is 19.1 Å². The van der Waals surface area contributed by atoms with Gasteiger partial charge in [-0.25, -0.2) is 13.1 Å². The molecule has 0 unspecified atom stereocenters. The van der Waals surface area contributed by atoms with Crippen molar-refractivity contribution >= 4 is 21.8 Å². The van der Waals surface area contributed by atoms with E-state index in [0.717, 1.165) is 38.1 Å². The van der Waals surface area contributed by atoms with Crippen LogP contribution in [-0.2, 0) is 16.4 Å². The van der Waals surface area contributed by atoms with Crippen molar-refractivity contribution in [1.29, 1.82) is 0 Å². The van der Waals surface area contributed by atoms with E-state index in [1.807, 2.05) is 18.4 Å².